The molecule has 1 aromatic carbocycles. The number of aryl methyl sites for hydroxylation is 1. The fourth-order valence-electron chi connectivity index (χ4n) is 3.53. The summed E-state index contributed by atoms with van der Waals surface area (Å²) in [5.74, 6) is 0.917. The molecule has 0 saturated heterocycles. The molecule has 0 radical (unpaired) electrons. The smallest absolute Gasteiger partial charge is 0.372 e. The van der Waals surface area contributed by atoms with E-state index < -0.39 is 11.7 Å². The fraction of sp³-hybridized carbons (Fsp3) is 0.440. The van der Waals surface area contributed by atoms with Gasteiger partial charge in [-0.1, -0.05) is 26.0 Å². The largest absolute Gasteiger partial charge is 0.416 e. The van der Waals surface area contributed by atoms with Crippen molar-refractivity contribution in [1.29, 1.82) is 0 Å². The van der Waals surface area contributed by atoms with Crippen LogP contribution >= 0.6 is 0 Å². The highest BCUT2D eigenvalue weighted by Gasteiger charge is 2.30. The van der Waals surface area contributed by atoms with Crippen molar-refractivity contribution in [3.05, 3.63) is 65.5 Å². The number of halogens is 3. The molecule has 1 aliphatic rings. The molecular formula is C25H32F3N5O. The normalized spacial score (nSPS) is 16.0. The number of allylic oxidation sites excluding steroid dienone is 1. The second-order valence-electron chi connectivity index (χ2n) is 8.15. The number of hydrogen-bond donors (Lipinski definition) is 2. The highest BCUT2D eigenvalue weighted by atomic mass is 19.4. The summed E-state index contributed by atoms with van der Waals surface area (Å²) in [6, 6.07) is 4.84. The summed E-state index contributed by atoms with van der Waals surface area (Å²) in [6.45, 7) is 9.90. The lowest BCUT2D eigenvalue weighted by Gasteiger charge is -2.22. The van der Waals surface area contributed by atoms with Gasteiger partial charge in [0, 0.05) is 29.7 Å². The average Bonchev–Trinajstić information content (AvgIpc) is 2.81. The van der Waals surface area contributed by atoms with Gasteiger partial charge in [0.1, 0.15) is 5.82 Å². The molecule has 0 aliphatic heterocycles. The number of alkyl halides is 3. The summed E-state index contributed by atoms with van der Waals surface area (Å²) in [4.78, 5) is 11.2. The predicted molar refractivity (Wildman–Crippen MR) is 129 cm³/mol. The van der Waals surface area contributed by atoms with Crippen LogP contribution in [0.25, 0.3) is 0 Å². The number of nitrogens with zero attached hydrogens (tertiary/aromatic N) is 3. The zero-order valence-electron chi connectivity index (χ0n) is 19.8. The highest BCUT2D eigenvalue weighted by molar-refractivity contribution is 5.61. The zero-order chi connectivity index (χ0) is 24.6. The third-order valence-corrected chi connectivity index (χ3v) is 5.49. The van der Waals surface area contributed by atoms with E-state index in [-0.39, 0.29) is 6.10 Å². The maximum absolute atomic E-state index is 12.8. The van der Waals surface area contributed by atoms with Crippen molar-refractivity contribution in [3.8, 4) is 0 Å². The molecule has 1 unspecified atom stereocenters. The minimum atomic E-state index is -4.36. The van der Waals surface area contributed by atoms with E-state index in [0.717, 1.165) is 55.9 Å². The van der Waals surface area contributed by atoms with Crippen molar-refractivity contribution in [2.24, 2.45) is 0 Å². The maximum atomic E-state index is 12.8. The van der Waals surface area contributed by atoms with Crippen LogP contribution in [0.4, 0.5) is 30.6 Å². The first-order valence-electron chi connectivity index (χ1n) is 11.6. The average molecular weight is 476 g/mol. The van der Waals surface area contributed by atoms with E-state index in [1.165, 1.54) is 12.1 Å². The number of rotatable bonds is 11. The molecule has 0 bridgehead atoms. The second-order valence-corrected chi connectivity index (χ2v) is 8.15. The molecule has 2 aromatic rings. The molecule has 1 aliphatic carbocycles. The van der Waals surface area contributed by atoms with Crippen LogP contribution in [-0.2, 0) is 10.9 Å². The van der Waals surface area contributed by atoms with Crippen molar-refractivity contribution in [3.63, 3.8) is 0 Å². The van der Waals surface area contributed by atoms with Gasteiger partial charge in [-0.25, -0.2) is 4.98 Å². The molecule has 0 fully saturated rings. The van der Waals surface area contributed by atoms with Crippen molar-refractivity contribution < 1.29 is 17.9 Å². The van der Waals surface area contributed by atoms with Crippen LogP contribution in [0.3, 0.4) is 0 Å². The van der Waals surface area contributed by atoms with Gasteiger partial charge in [-0.3, -0.25) is 0 Å². The minimum absolute atomic E-state index is 0.0433. The first-order valence-corrected chi connectivity index (χ1v) is 11.6. The molecule has 1 aromatic heterocycles. The Labute approximate surface area is 198 Å². The molecule has 0 spiro atoms. The van der Waals surface area contributed by atoms with Crippen LogP contribution in [0.15, 0.2) is 54.4 Å². The Morgan fingerprint density at radius 3 is 2.50 bits per heavy atom. The highest BCUT2D eigenvalue weighted by Crippen LogP contribution is 2.30. The maximum Gasteiger partial charge on any atom is 0.416 e. The molecule has 184 valence electrons. The predicted octanol–water partition coefficient (Wildman–Crippen LogP) is 5.92. The van der Waals surface area contributed by atoms with Crippen LogP contribution in [0.5, 0.6) is 0 Å². The number of anilines is 3. The van der Waals surface area contributed by atoms with E-state index in [9.17, 15) is 13.2 Å². The summed E-state index contributed by atoms with van der Waals surface area (Å²) in [5.41, 5.74) is 1.46. The second kappa shape index (κ2) is 12.0. The Morgan fingerprint density at radius 1 is 1.12 bits per heavy atom. The molecule has 1 heterocycles. The number of ether oxygens (including phenoxy) is 1. The Kier molecular flexibility index (Phi) is 9.06. The molecule has 34 heavy (non-hydrogen) atoms. The first kappa shape index (κ1) is 25.7. The summed E-state index contributed by atoms with van der Waals surface area (Å²) in [5, 5.41) is 6.25. The summed E-state index contributed by atoms with van der Waals surface area (Å²) in [6.07, 6.45) is 5.24. The van der Waals surface area contributed by atoms with Crippen LogP contribution in [-0.4, -0.2) is 47.2 Å². The Balaban J connectivity index is 1.54. The van der Waals surface area contributed by atoms with Gasteiger partial charge in [-0.2, -0.15) is 18.2 Å². The van der Waals surface area contributed by atoms with Gasteiger partial charge in [-0.15, -0.1) is 0 Å². The van der Waals surface area contributed by atoms with E-state index in [0.29, 0.717) is 24.1 Å². The Morgan fingerprint density at radius 2 is 1.88 bits per heavy atom. The number of nitrogens with one attached hydrogen (secondary N) is 2. The van der Waals surface area contributed by atoms with E-state index >= 15 is 0 Å². The molecular weight excluding hydrogens is 443 g/mol. The monoisotopic (exact) mass is 475 g/mol. The number of likely N-dealkylation sites (N-methyl/N-ethyl adjacent to an activating group) is 1. The molecule has 9 heteroatoms. The Hall–Kier alpha value is -2.91. The van der Waals surface area contributed by atoms with Gasteiger partial charge in [-0.05, 0) is 63.2 Å². The van der Waals surface area contributed by atoms with Gasteiger partial charge in [0.25, 0.3) is 0 Å². The molecule has 2 N–H and O–H groups in total. The van der Waals surface area contributed by atoms with Gasteiger partial charge in [0.05, 0.1) is 18.3 Å². The van der Waals surface area contributed by atoms with Crippen LogP contribution in [0.1, 0.15) is 37.8 Å². The lowest BCUT2D eigenvalue weighted by Crippen LogP contribution is -2.29. The standard InChI is InChI=1S/C25H32F3N5O/c1-4-14-33(5-2)15-16-34-22-12-10-21(11-13-22)31-24-29-17-18(3)23(32-24)30-20-8-6-19(7-9-20)25(26,27)28/h6-12,17,22H,4-5,13-16H2,1-3H3,(H2,29,30,31,32). The summed E-state index contributed by atoms with van der Waals surface area (Å²) >= 11 is 0. The van der Waals surface area contributed by atoms with E-state index in [4.69, 9.17) is 4.74 Å². The van der Waals surface area contributed by atoms with Crippen LogP contribution in [0, 0.1) is 6.92 Å². The van der Waals surface area contributed by atoms with Crippen molar-refractivity contribution in [2.45, 2.75) is 45.9 Å². The first-order chi connectivity index (χ1) is 16.3. The van der Waals surface area contributed by atoms with Gasteiger partial charge in [0.15, 0.2) is 0 Å². The van der Waals surface area contributed by atoms with Gasteiger partial charge in [0.2, 0.25) is 5.95 Å². The van der Waals surface area contributed by atoms with Crippen LogP contribution in [0.2, 0.25) is 0 Å². The molecule has 6 nitrogen and oxygen atoms in total. The third kappa shape index (κ3) is 7.56. The number of hydrogen-bond acceptors (Lipinski definition) is 6. The number of aromatic nitrogens is 2. The van der Waals surface area contributed by atoms with E-state index in [2.05, 4.69) is 39.3 Å². The van der Waals surface area contributed by atoms with Crippen molar-refractivity contribution >= 4 is 17.5 Å². The molecule has 0 amide bonds. The topological polar surface area (TPSA) is 62.3 Å². The summed E-state index contributed by atoms with van der Waals surface area (Å²) in [7, 11) is 0. The van der Waals surface area contributed by atoms with E-state index in [1.807, 2.05) is 25.2 Å². The van der Waals surface area contributed by atoms with E-state index in [1.54, 1.807) is 6.20 Å². The minimum Gasteiger partial charge on any atom is -0.372 e. The fourth-order valence-corrected chi connectivity index (χ4v) is 3.53. The van der Waals surface area contributed by atoms with Crippen molar-refractivity contribution in [1.82, 2.24) is 14.9 Å². The van der Waals surface area contributed by atoms with Gasteiger partial charge >= 0.3 is 6.18 Å². The van der Waals surface area contributed by atoms with Crippen molar-refractivity contribution in [2.75, 3.05) is 36.9 Å². The summed E-state index contributed by atoms with van der Waals surface area (Å²) < 4.78 is 44.3. The molecule has 1 atom stereocenters. The quantitative estimate of drug-likeness (QED) is 0.421. The Bertz CT molecular complexity index is 989. The third-order valence-electron chi connectivity index (χ3n) is 5.49. The number of benzene rings is 1. The van der Waals surface area contributed by atoms with Crippen LogP contribution < -0.4 is 10.6 Å². The SMILES string of the molecule is CCCN(CC)CCOC1C=CC(Nc2ncc(C)c(Nc3ccc(C(F)(F)F)cc3)n2)=CC1. The lowest BCUT2D eigenvalue weighted by molar-refractivity contribution is -0.137. The molecule has 3 rings (SSSR count). The van der Waals surface area contributed by atoms with Gasteiger partial charge < -0.3 is 20.3 Å². The molecule has 0 saturated carbocycles. The lowest BCUT2D eigenvalue weighted by atomic mass is 10.1. The zero-order valence-corrected chi connectivity index (χ0v) is 19.8.